The number of rotatable bonds is 1. The van der Waals surface area contributed by atoms with E-state index >= 15 is 0 Å². The Morgan fingerprint density at radius 2 is 1.67 bits per heavy atom. The maximum absolute atomic E-state index is 9.59. The van der Waals surface area contributed by atoms with Crippen molar-refractivity contribution in [1.82, 2.24) is 0 Å². The molecule has 0 aromatic carbocycles. The molecule has 4 nitrogen and oxygen atoms in total. The van der Waals surface area contributed by atoms with Crippen LogP contribution in [-0.4, -0.2) is 26.7 Å². The van der Waals surface area contributed by atoms with Gasteiger partial charge >= 0.3 is 5.97 Å². The van der Waals surface area contributed by atoms with E-state index in [0.717, 1.165) is 0 Å². The summed E-state index contributed by atoms with van der Waals surface area (Å²) in [5.41, 5.74) is 0. The molecule has 0 aliphatic carbocycles. The first-order valence-electron chi connectivity index (χ1n) is 2.20. The fourth-order valence-electron chi connectivity index (χ4n) is 0. The van der Waals surface area contributed by atoms with Crippen LogP contribution >= 0.6 is 0 Å². The lowest BCUT2D eigenvalue weighted by Gasteiger charge is -1.80. The number of hydrogen-bond donors (Lipinski definition) is 0. The third-order valence-corrected chi connectivity index (χ3v) is 0.384. The van der Waals surface area contributed by atoms with Crippen molar-refractivity contribution < 1.29 is 19.1 Å². The predicted molar refractivity (Wildman–Crippen MR) is 30.8 cm³/mol. The molecule has 0 saturated heterocycles. The lowest BCUT2D eigenvalue weighted by molar-refractivity contribution is -0.138. The highest BCUT2D eigenvalue weighted by Gasteiger charge is 1.75. The minimum absolute atomic E-state index is 0.245. The lowest BCUT2D eigenvalue weighted by Crippen LogP contribution is -1.88. The fraction of sp³-hybridized carbons (Fsp3) is 0.600. The van der Waals surface area contributed by atoms with Gasteiger partial charge in [0.05, 0.1) is 14.2 Å². The molecule has 0 N–H and O–H groups in total. The van der Waals surface area contributed by atoms with Crippen LogP contribution in [0.2, 0.25) is 0 Å². The first-order valence-corrected chi connectivity index (χ1v) is 2.20. The van der Waals surface area contributed by atoms with Crippen LogP contribution in [0, 0.1) is 0 Å². The summed E-state index contributed by atoms with van der Waals surface area (Å²) < 4.78 is 7.97. The minimum atomic E-state index is -0.245. The van der Waals surface area contributed by atoms with Gasteiger partial charge in [0.25, 0.3) is 6.47 Å². The van der Waals surface area contributed by atoms with E-state index < -0.39 is 0 Å². The monoisotopic (exact) mass is 134 g/mol. The summed E-state index contributed by atoms with van der Waals surface area (Å²) in [6.45, 7) is 1.74. The third kappa shape index (κ3) is 45.0. The summed E-state index contributed by atoms with van der Waals surface area (Å²) in [4.78, 5) is 18.5. The summed E-state index contributed by atoms with van der Waals surface area (Å²) in [7, 11) is 2.66. The molecule has 0 radical (unpaired) electrons. The third-order valence-electron chi connectivity index (χ3n) is 0.384. The van der Waals surface area contributed by atoms with E-state index in [-0.39, 0.29) is 5.97 Å². The molecule has 0 aliphatic heterocycles. The molecular formula is C5H10O4. The summed E-state index contributed by atoms with van der Waals surface area (Å²) in [6.07, 6.45) is 0. The van der Waals surface area contributed by atoms with Crippen molar-refractivity contribution in [3.8, 4) is 0 Å². The Morgan fingerprint density at radius 3 is 1.67 bits per heavy atom. The van der Waals surface area contributed by atoms with Gasteiger partial charge in [0.1, 0.15) is 0 Å². The molecule has 0 fully saturated rings. The van der Waals surface area contributed by atoms with Crippen LogP contribution in [0.3, 0.4) is 0 Å². The maximum Gasteiger partial charge on any atom is 0.302 e. The second-order valence-electron chi connectivity index (χ2n) is 1.03. The van der Waals surface area contributed by atoms with Gasteiger partial charge in [-0.15, -0.1) is 0 Å². The SMILES string of the molecule is COC(C)=O.COC=O. The largest absolute Gasteiger partial charge is 0.471 e. The molecule has 0 amide bonds. The number of carbonyl (C=O) groups is 2. The molecule has 0 aliphatic rings. The molecule has 0 atom stereocenters. The van der Waals surface area contributed by atoms with E-state index in [4.69, 9.17) is 4.79 Å². The molecule has 0 spiro atoms. The van der Waals surface area contributed by atoms with Crippen LogP contribution in [-0.2, 0) is 19.1 Å². The van der Waals surface area contributed by atoms with Gasteiger partial charge in [0, 0.05) is 6.92 Å². The van der Waals surface area contributed by atoms with Crippen molar-refractivity contribution in [2.24, 2.45) is 0 Å². The van der Waals surface area contributed by atoms with E-state index in [9.17, 15) is 4.79 Å². The molecule has 54 valence electrons. The van der Waals surface area contributed by atoms with Gasteiger partial charge in [-0.3, -0.25) is 9.59 Å². The Kier molecular flexibility index (Phi) is 12.1. The Labute approximate surface area is 53.8 Å². The van der Waals surface area contributed by atoms with Crippen LogP contribution in [0.1, 0.15) is 6.92 Å². The average Bonchev–Trinajstić information content (AvgIpc) is 1.89. The zero-order chi connectivity index (χ0) is 7.70. The molecule has 0 aromatic rings. The summed E-state index contributed by atoms with van der Waals surface area (Å²) in [5, 5.41) is 0. The van der Waals surface area contributed by atoms with Crippen molar-refractivity contribution >= 4 is 12.4 Å². The molecule has 0 aromatic heterocycles. The first kappa shape index (κ1) is 10.8. The smallest absolute Gasteiger partial charge is 0.302 e. The van der Waals surface area contributed by atoms with Crippen molar-refractivity contribution in [1.29, 1.82) is 0 Å². The normalized spacial score (nSPS) is 6.11. The molecular weight excluding hydrogens is 124 g/mol. The molecule has 4 heteroatoms. The van der Waals surface area contributed by atoms with Gasteiger partial charge in [-0.1, -0.05) is 0 Å². The minimum Gasteiger partial charge on any atom is -0.471 e. The highest BCUT2D eigenvalue weighted by molar-refractivity contribution is 5.65. The predicted octanol–water partition coefficient (Wildman–Crippen LogP) is -0.0315. The highest BCUT2D eigenvalue weighted by Crippen LogP contribution is 1.60. The van der Waals surface area contributed by atoms with E-state index in [1.54, 1.807) is 0 Å². The number of hydrogen-bond acceptors (Lipinski definition) is 4. The van der Waals surface area contributed by atoms with E-state index in [2.05, 4.69) is 9.47 Å². The van der Waals surface area contributed by atoms with Crippen LogP contribution in [0.15, 0.2) is 0 Å². The van der Waals surface area contributed by atoms with Crippen LogP contribution in [0.25, 0.3) is 0 Å². The molecule has 0 heterocycles. The number of ether oxygens (including phenoxy) is 2. The quantitative estimate of drug-likeness (QED) is 0.373. The van der Waals surface area contributed by atoms with Gasteiger partial charge in [-0.05, 0) is 0 Å². The van der Waals surface area contributed by atoms with Crippen molar-refractivity contribution in [3.63, 3.8) is 0 Å². The van der Waals surface area contributed by atoms with Gasteiger partial charge in [-0.2, -0.15) is 0 Å². The van der Waals surface area contributed by atoms with Gasteiger partial charge in [-0.25, -0.2) is 0 Å². The van der Waals surface area contributed by atoms with E-state index in [1.165, 1.54) is 21.1 Å². The van der Waals surface area contributed by atoms with Crippen LogP contribution < -0.4 is 0 Å². The Hall–Kier alpha value is -1.06. The summed E-state index contributed by atoms with van der Waals surface area (Å²) >= 11 is 0. The topological polar surface area (TPSA) is 52.6 Å². The average molecular weight is 134 g/mol. The van der Waals surface area contributed by atoms with Gasteiger partial charge in [0.2, 0.25) is 0 Å². The number of methoxy groups -OCH3 is 2. The van der Waals surface area contributed by atoms with Gasteiger partial charge in [0.15, 0.2) is 0 Å². The van der Waals surface area contributed by atoms with E-state index in [0.29, 0.717) is 6.47 Å². The Bertz CT molecular complexity index is 79.0. The molecule has 0 rings (SSSR count). The molecule has 0 bridgehead atoms. The van der Waals surface area contributed by atoms with Crippen molar-refractivity contribution in [2.75, 3.05) is 14.2 Å². The molecule has 0 saturated carbocycles. The van der Waals surface area contributed by atoms with Crippen LogP contribution in [0.4, 0.5) is 0 Å². The zero-order valence-electron chi connectivity index (χ0n) is 5.71. The number of esters is 1. The first-order chi connectivity index (χ1) is 4.18. The van der Waals surface area contributed by atoms with Gasteiger partial charge < -0.3 is 9.47 Å². The molecule has 9 heavy (non-hydrogen) atoms. The lowest BCUT2D eigenvalue weighted by atomic mass is 10.8. The maximum atomic E-state index is 9.59. The summed E-state index contributed by atoms with van der Waals surface area (Å²) in [5.74, 6) is -0.245. The zero-order valence-corrected chi connectivity index (χ0v) is 5.71. The standard InChI is InChI=1S/C3H6O2.C2H4O2/c1-3(4)5-2;1-4-2-3/h1-2H3;2H,1H3. The van der Waals surface area contributed by atoms with Crippen molar-refractivity contribution in [3.05, 3.63) is 0 Å². The fourth-order valence-corrected chi connectivity index (χ4v) is 0. The van der Waals surface area contributed by atoms with E-state index in [1.807, 2.05) is 0 Å². The number of carbonyl (C=O) groups excluding carboxylic acids is 2. The Balaban J connectivity index is 0. The van der Waals surface area contributed by atoms with Crippen molar-refractivity contribution in [2.45, 2.75) is 6.92 Å². The summed E-state index contributed by atoms with van der Waals surface area (Å²) in [6, 6.07) is 0. The molecule has 0 unspecified atom stereocenters. The highest BCUT2D eigenvalue weighted by atomic mass is 16.5. The van der Waals surface area contributed by atoms with Crippen LogP contribution in [0.5, 0.6) is 0 Å². The Morgan fingerprint density at radius 1 is 1.44 bits per heavy atom. The second-order valence-corrected chi connectivity index (χ2v) is 1.03. The second kappa shape index (κ2) is 10.0.